The van der Waals surface area contributed by atoms with Crippen LogP contribution in [-0.4, -0.2) is 33.2 Å². The standard InChI is InChI=1S/C18H26N4O/c1-14-11-15(2)22(20-14)12-16-7-6-10-21(16)17(23)18(13-19)8-4-3-5-9-18/h11,16H,3-10,12H2,1-2H3. The van der Waals surface area contributed by atoms with Crippen molar-refractivity contribution >= 4 is 5.91 Å². The summed E-state index contributed by atoms with van der Waals surface area (Å²) in [5.41, 5.74) is 1.38. The third-order valence-corrected chi connectivity index (χ3v) is 5.46. The van der Waals surface area contributed by atoms with Crippen LogP contribution in [0.25, 0.3) is 0 Å². The van der Waals surface area contributed by atoms with Crippen molar-refractivity contribution in [3.63, 3.8) is 0 Å². The van der Waals surface area contributed by atoms with Crippen LogP contribution in [0.5, 0.6) is 0 Å². The molecule has 0 radical (unpaired) electrons. The Morgan fingerprint density at radius 1 is 1.35 bits per heavy atom. The summed E-state index contributed by atoms with van der Waals surface area (Å²) in [7, 11) is 0. The lowest BCUT2D eigenvalue weighted by molar-refractivity contribution is -0.141. The van der Waals surface area contributed by atoms with Gasteiger partial charge in [0, 0.05) is 12.2 Å². The molecule has 3 rings (SSSR count). The van der Waals surface area contributed by atoms with E-state index in [2.05, 4.69) is 24.2 Å². The van der Waals surface area contributed by atoms with Gasteiger partial charge in [-0.3, -0.25) is 9.48 Å². The molecule has 1 aliphatic heterocycles. The van der Waals surface area contributed by atoms with E-state index < -0.39 is 5.41 Å². The highest BCUT2D eigenvalue weighted by atomic mass is 16.2. The molecular weight excluding hydrogens is 288 g/mol. The van der Waals surface area contributed by atoms with Crippen molar-refractivity contribution in [3.05, 3.63) is 17.5 Å². The highest BCUT2D eigenvalue weighted by Gasteiger charge is 2.45. The first kappa shape index (κ1) is 16.0. The monoisotopic (exact) mass is 314 g/mol. The highest BCUT2D eigenvalue weighted by Crippen LogP contribution is 2.39. The molecule has 5 heteroatoms. The summed E-state index contributed by atoms with van der Waals surface area (Å²) in [5.74, 6) is 0.0729. The van der Waals surface area contributed by atoms with Gasteiger partial charge in [0.25, 0.3) is 0 Å². The van der Waals surface area contributed by atoms with Crippen molar-refractivity contribution in [2.24, 2.45) is 5.41 Å². The summed E-state index contributed by atoms with van der Waals surface area (Å²) in [5, 5.41) is 14.2. The van der Waals surface area contributed by atoms with Gasteiger partial charge in [0.05, 0.1) is 24.3 Å². The minimum atomic E-state index is -0.768. The molecule has 0 spiro atoms. The fourth-order valence-corrected chi connectivity index (χ4v) is 4.16. The Labute approximate surface area is 138 Å². The van der Waals surface area contributed by atoms with Gasteiger partial charge in [-0.2, -0.15) is 10.4 Å². The molecule has 2 heterocycles. The summed E-state index contributed by atoms with van der Waals surface area (Å²) >= 11 is 0. The lowest BCUT2D eigenvalue weighted by atomic mass is 9.74. The van der Waals surface area contributed by atoms with Crippen molar-refractivity contribution in [3.8, 4) is 6.07 Å². The normalized spacial score (nSPS) is 23.7. The van der Waals surface area contributed by atoms with Gasteiger partial charge in [-0.05, 0) is 45.6 Å². The Kier molecular flexibility index (Phi) is 4.43. The Morgan fingerprint density at radius 3 is 2.70 bits per heavy atom. The predicted octanol–water partition coefficient (Wildman–Crippen LogP) is 2.97. The summed E-state index contributed by atoms with van der Waals surface area (Å²) in [6, 6.07) is 4.62. The minimum Gasteiger partial charge on any atom is -0.336 e. The average Bonchev–Trinajstić information content (AvgIpc) is 3.14. The summed E-state index contributed by atoms with van der Waals surface area (Å²) < 4.78 is 2.01. The zero-order valence-electron chi connectivity index (χ0n) is 14.2. The minimum absolute atomic E-state index is 0.0729. The molecule has 5 nitrogen and oxygen atoms in total. The summed E-state index contributed by atoms with van der Waals surface area (Å²) in [6.07, 6.45) is 6.62. The van der Waals surface area contributed by atoms with Crippen LogP contribution in [0, 0.1) is 30.6 Å². The van der Waals surface area contributed by atoms with E-state index in [0.29, 0.717) is 0 Å². The van der Waals surface area contributed by atoms with E-state index in [4.69, 9.17) is 0 Å². The van der Waals surface area contributed by atoms with E-state index in [1.807, 2.05) is 16.5 Å². The molecule has 1 unspecified atom stereocenters. The van der Waals surface area contributed by atoms with Crippen molar-refractivity contribution in [1.82, 2.24) is 14.7 Å². The SMILES string of the molecule is Cc1cc(C)n(CC2CCCN2C(=O)C2(C#N)CCCCC2)n1. The molecule has 1 aliphatic carbocycles. The maximum absolute atomic E-state index is 13.1. The summed E-state index contributed by atoms with van der Waals surface area (Å²) in [6.45, 7) is 5.58. The number of carbonyl (C=O) groups excluding carboxylic acids is 1. The Bertz CT molecular complexity index is 621. The van der Waals surface area contributed by atoms with E-state index >= 15 is 0 Å². The number of likely N-dealkylation sites (tertiary alicyclic amines) is 1. The van der Waals surface area contributed by atoms with E-state index in [1.165, 1.54) is 0 Å². The zero-order valence-corrected chi connectivity index (χ0v) is 14.2. The van der Waals surface area contributed by atoms with Crippen molar-refractivity contribution in [1.29, 1.82) is 5.26 Å². The van der Waals surface area contributed by atoms with Gasteiger partial charge < -0.3 is 4.90 Å². The molecule has 1 saturated carbocycles. The molecule has 0 bridgehead atoms. The van der Waals surface area contributed by atoms with E-state index in [-0.39, 0.29) is 11.9 Å². The first-order chi connectivity index (χ1) is 11.1. The molecule has 1 atom stereocenters. The predicted molar refractivity (Wildman–Crippen MR) is 87.6 cm³/mol. The molecule has 1 aromatic heterocycles. The van der Waals surface area contributed by atoms with E-state index in [0.717, 1.165) is 69.4 Å². The van der Waals surface area contributed by atoms with Gasteiger partial charge in [0.2, 0.25) is 5.91 Å². The van der Waals surface area contributed by atoms with Crippen LogP contribution in [0.3, 0.4) is 0 Å². The van der Waals surface area contributed by atoms with Gasteiger partial charge in [-0.15, -0.1) is 0 Å². The van der Waals surface area contributed by atoms with Crippen LogP contribution in [0.15, 0.2) is 6.07 Å². The number of aryl methyl sites for hydroxylation is 2. The topological polar surface area (TPSA) is 61.9 Å². The van der Waals surface area contributed by atoms with Gasteiger partial charge in [0.1, 0.15) is 5.41 Å². The quantitative estimate of drug-likeness (QED) is 0.861. The fourth-order valence-electron chi connectivity index (χ4n) is 4.16. The highest BCUT2D eigenvalue weighted by molar-refractivity contribution is 5.86. The number of carbonyl (C=O) groups is 1. The summed E-state index contributed by atoms with van der Waals surface area (Å²) in [4.78, 5) is 15.1. The molecule has 1 amide bonds. The van der Waals surface area contributed by atoms with Crippen LogP contribution in [0.4, 0.5) is 0 Å². The number of hydrogen-bond donors (Lipinski definition) is 0. The second-order valence-electron chi connectivity index (χ2n) is 7.16. The number of aromatic nitrogens is 2. The Morgan fingerprint density at radius 2 is 2.09 bits per heavy atom. The third-order valence-electron chi connectivity index (χ3n) is 5.46. The maximum Gasteiger partial charge on any atom is 0.243 e. The molecule has 0 N–H and O–H groups in total. The maximum atomic E-state index is 13.1. The molecule has 1 saturated heterocycles. The third kappa shape index (κ3) is 2.99. The number of hydrogen-bond acceptors (Lipinski definition) is 3. The van der Waals surface area contributed by atoms with Crippen LogP contribution >= 0.6 is 0 Å². The first-order valence-electron chi connectivity index (χ1n) is 8.79. The second-order valence-corrected chi connectivity index (χ2v) is 7.16. The van der Waals surface area contributed by atoms with Gasteiger partial charge in [0.15, 0.2) is 0 Å². The lowest BCUT2D eigenvalue weighted by Gasteiger charge is -2.35. The molecule has 2 fully saturated rings. The molecule has 0 aromatic carbocycles. The second kappa shape index (κ2) is 6.35. The first-order valence-corrected chi connectivity index (χ1v) is 8.79. The van der Waals surface area contributed by atoms with Gasteiger partial charge >= 0.3 is 0 Å². The van der Waals surface area contributed by atoms with Crippen LogP contribution in [0.1, 0.15) is 56.3 Å². The Balaban J connectivity index is 1.77. The fraction of sp³-hybridized carbons (Fsp3) is 0.722. The molecule has 2 aliphatic rings. The largest absolute Gasteiger partial charge is 0.336 e. The molecular formula is C18H26N4O. The van der Waals surface area contributed by atoms with Crippen LogP contribution < -0.4 is 0 Å². The van der Waals surface area contributed by atoms with E-state index in [9.17, 15) is 10.1 Å². The average molecular weight is 314 g/mol. The number of nitriles is 1. The molecule has 23 heavy (non-hydrogen) atoms. The number of nitrogens with zero attached hydrogens (tertiary/aromatic N) is 4. The van der Waals surface area contributed by atoms with Gasteiger partial charge in [-0.1, -0.05) is 19.3 Å². The number of amides is 1. The van der Waals surface area contributed by atoms with Crippen LogP contribution in [0.2, 0.25) is 0 Å². The lowest BCUT2D eigenvalue weighted by Crippen LogP contribution is -2.47. The van der Waals surface area contributed by atoms with Crippen molar-refractivity contribution < 1.29 is 4.79 Å². The van der Waals surface area contributed by atoms with Gasteiger partial charge in [-0.25, -0.2) is 0 Å². The van der Waals surface area contributed by atoms with Crippen LogP contribution in [-0.2, 0) is 11.3 Å². The number of rotatable bonds is 3. The van der Waals surface area contributed by atoms with Crippen molar-refractivity contribution in [2.45, 2.75) is 71.4 Å². The molecule has 124 valence electrons. The smallest absolute Gasteiger partial charge is 0.243 e. The van der Waals surface area contributed by atoms with E-state index in [1.54, 1.807) is 0 Å². The zero-order chi connectivity index (χ0) is 16.4. The molecule has 1 aromatic rings. The van der Waals surface area contributed by atoms with Crippen molar-refractivity contribution in [2.75, 3.05) is 6.54 Å². The Hall–Kier alpha value is -1.83.